The van der Waals surface area contributed by atoms with E-state index in [9.17, 15) is 0 Å². The second-order valence-corrected chi connectivity index (χ2v) is 6.90. The molecule has 0 heterocycles. The van der Waals surface area contributed by atoms with Crippen LogP contribution in [0.4, 0.5) is 0 Å². The minimum Gasteiger partial charge on any atom is -0.496 e. The Bertz CT molecular complexity index is 398. The highest BCUT2D eigenvalue weighted by Crippen LogP contribution is 2.31. The SMILES string of the molecule is CCNCC(Cc1ccc(OC)c(Br)c1)C(C)(C)C. The highest BCUT2D eigenvalue weighted by atomic mass is 79.9. The third kappa shape index (κ3) is 5.15. The fraction of sp³-hybridized carbons (Fsp3) is 0.625. The molecule has 0 bridgehead atoms. The van der Waals surface area contributed by atoms with Crippen LogP contribution >= 0.6 is 15.9 Å². The summed E-state index contributed by atoms with van der Waals surface area (Å²) in [4.78, 5) is 0. The highest BCUT2D eigenvalue weighted by molar-refractivity contribution is 9.10. The molecular formula is C16H26BrNO. The van der Waals surface area contributed by atoms with Crippen molar-refractivity contribution in [1.29, 1.82) is 0 Å². The van der Waals surface area contributed by atoms with Crippen molar-refractivity contribution < 1.29 is 4.74 Å². The molecule has 19 heavy (non-hydrogen) atoms. The zero-order chi connectivity index (χ0) is 14.5. The van der Waals surface area contributed by atoms with Crippen molar-refractivity contribution in [3.05, 3.63) is 28.2 Å². The minimum atomic E-state index is 0.300. The quantitative estimate of drug-likeness (QED) is 0.842. The molecule has 0 saturated heterocycles. The molecule has 0 aromatic heterocycles. The lowest BCUT2D eigenvalue weighted by molar-refractivity contribution is 0.232. The van der Waals surface area contributed by atoms with E-state index in [4.69, 9.17) is 4.74 Å². The molecule has 0 aliphatic rings. The molecular weight excluding hydrogens is 302 g/mol. The van der Waals surface area contributed by atoms with Gasteiger partial charge in [-0.3, -0.25) is 0 Å². The van der Waals surface area contributed by atoms with Gasteiger partial charge in [0, 0.05) is 0 Å². The van der Waals surface area contributed by atoms with E-state index in [0.29, 0.717) is 11.3 Å². The lowest BCUT2D eigenvalue weighted by Crippen LogP contribution is -2.33. The Kier molecular flexibility index (Phi) is 6.34. The van der Waals surface area contributed by atoms with Crippen LogP contribution in [-0.2, 0) is 6.42 Å². The third-order valence-corrected chi connectivity index (χ3v) is 4.18. The highest BCUT2D eigenvalue weighted by Gasteiger charge is 2.24. The summed E-state index contributed by atoms with van der Waals surface area (Å²) in [6.07, 6.45) is 1.08. The van der Waals surface area contributed by atoms with Gasteiger partial charge >= 0.3 is 0 Å². The van der Waals surface area contributed by atoms with Crippen LogP contribution in [0.2, 0.25) is 0 Å². The first-order chi connectivity index (χ1) is 8.88. The topological polar surface area (TPSA) is 21.3 Å². The molecule has 3 heteroatoms. The molecule has 2 nitrogen and oxygen atoms in total. The molecule has 0 aliphatic carbocycles. The second kappa shape index (κ2) is 7.30. The third-order valence-electron chi connectivity index (χ3n) is 3.56. The number of nitrogens with one attached hydrogen (secondary N) is 1. The Balaban J connectivity index is 2.81. The van der Waals surface area contributed by atoms with Crippen molar-refractivity contribution in [1.82, 2.24) is 5.32 Å². The van der Waals surface area contributed by atoms with Gasteiger partial charge in [0.1, 0.15) is 5.75 Å². The van der Waals surface area contributed by atoms with Gasteiger partial charge in [-0.15, -0.1) is 0 Å². The summed E-state index contributed by atoms with van der Waals surface area (Å²) < 4.78 is 6.31. The molecule has 108 valence electrons. The van der Waals surface area contributed by atoms with E-state index in [1.807, 2.05) is 6.07 Å². The molecule has 0 radical (unpaired) electrons. The first-order valence-electron chi connectivity index (χ1n) is 6.91. The summed E-state index contributed by atoms with van der Waals surface area (Å²) in [5.41, 5.74) is 1.65. The minimum absolute atomic E-state index is 0.300. The van der Waals surface area contributed by atoms with Crippen LogP contribution < -0.4 is 10.1 Å². The smallest absolute Gasteiger partial charge is 0.133 e. The molecule has 0 aliphatic heterocycles. The van der Waals surface area contributed by atoms with Crippen molar-refractivity contribution in [3.63, 3.8) is 0 Å². The Morgan fingerprint density at radius 2 is 2.00 bits per heavy atom. The summed E-state index contributed by atoms with van der Waals surface area (Å²) in [7, 11) is 1.70. The van der Waals surface area contributed by atoms with Crippen molar-refractivity contribution in [2.75, 3.05) is 20.2 Å². The average Bonchev–Trinajstić information content (AvgIpc) is 2.33. The monoisotopic (exact) mass is 327 g/mol. The van der Waals surface area contributed by atoms with E-state index >= 15 is 0 Å². The van der Waals surface area contributed by atoms with Gasteiger partial charge in [-0.2, -0.15) is 0 Å². The predicted molar refractivity (Wildman–Crippen MR) is 85.9 cm³/mol. The largest absolute Gasteiger partial charge is 0.496 e. The summed E-state index contributed by atoms with van der Waals surface area (Å²) in [6, 6.07) is 6.37. The first kappa shape index (κ1) is 16.5. The van der Waals surface area contributed by atoms with E-state index in [0.717, 1.165) is 29.7 Å². The molecule has 1 rings (SSSR count). The summed E-state index contributed by atoms with van der Waals surface area (Å²) in [6.45, 7) is 11.2. The van der Waals surface area contributed by atoms with Crippen LogP contribution in [0.25, 0.3) is 0 Å². The van der Waals surface area contributed by atoms with Gasteiger partial charge in [0.2, 0.25) is 0 Å². The molecule has 0 fully saturated rings. The normalized spacial score (nSPS) is 13.4. The van der Waals surface area contributed by atoms with E-state index in [1.165, 1.54) is 5.56 Å². The molecule has 0 saturated carbocycles. The summed E-state index contributed by atoms with van der Waals surface area (Å²) in [5, 5.41) is 3.48. The van der Waals surface area contributed by atoms with E-state index < -0.39 is 0 Å². The Hall–Kier alpha value is -0.540. The van der Waals surface area contributed by atoms with Gasteiger partial charge in [-0.25, -0.2) is 0 Å². The van der Waals surface area contributed by atoms with Gasteiger partial charge in [0.05, 0.1) is 11.6 Å². The van der Waals surface area contributed by atoms with Crippen LogP contribution in [0.15, 0.2) is 22.7 Å². The van der Waals surface area contributed by atoms with Crippen molar-refractivity contribution in [3.8, 4) is 5.75 Å². The maximum atomic E-state index is 5.28. The fourth-order valence-electron chi connectivity index (χ4n) is 2.12. The molecule has 1 unspecified atom stereocenters. The number of methoxy groups -OCH3 is 1. The number of halogens is 1. The maximum absolute atomic E-state index is 5.28. The summed E-state index contributed by atoms with van der Waals surface area (Å²) in [5.74, 6) is 1.51. The zero-order valence-electron chi connectivity index (χ0n) is 12.7. The molecule has 1 aromatic carbocycles. The molecule has 0 amide bonds. The van der Waals surface area contributed by atoms with E-state index in [2.05, 4.69) is 61.1 Å². The predicted octanol–water partition coefficient (Wildman–Crippen LogP) is 4.27. The Morgan fingerprint density at radius 3 is 2.47 bits per heavy atom. The van der Waals surface area contributed by atoms with Gasteiger partial charge in [-0.05, 0) is 64.5 Å². The van der Waals surface area contributed by atoms with Crippen molar-refractivity contribution in [2.24, 2.45) is 11.3 Å². The Morgan fingerprint density at radius 1 is 1.32 bits per heavy atom. The summed E-state index contributed by atoms with van der Waals surface area (Å²) >= 11 is 3.56. The van der Waals surface area contributed by atoms with Gasteiger partial charge in [0.15, 0.2) is 0 Å². The maximum Gasteiger partial charge on any atom is 0.133 e. The molecule has 0 spiro atoms. The lowest BCUT2D eigenvalue weighted by atomic mass is 9.77. The number of benzene rings is 1. The number of rotatable bonds is 6. The second-order valence-electron chi connectivity index (χ2n) is 6.04. The zero-order valence-corrected chi connectivity index (χ0v) is 14.3. The van der Waals surface area contributed by atoms with Crippen LogP contribution in [0.3, 0.4) is 0 Å². The van der Waals surface area contributed by atoms with Crippen molar-refractivity contribution in [2.45, 2.75) is 34.1 Å². The van der Waals surface area contributed by atoms with Gasteiger partial charge < -0.3 is 10.1 Å². The molecule has 1 N–H and O–H groups in total. The van der Waals surface area contributed by atoms with Gasteiger partial charge in [0.25, 0.3) is 0 Å². The lowest BCUT2D eigenvalue weighted by Gasteiger charge is -2.31. The van der Waals surface area contributed by atoms with Crippen molar-refractivity contribution >= 4 is 15.9 Å². The van der Waals surface area contributed by atoms with Crippen LogP contribution in [-0.4, -0.2) is 20.2 Å². The van der Waals surface area contributed by atoms with E-state index in [1.54, 1.807) is 7.11 Å². The Labute approximate surface area is 126 Å². The standard InChI is InChI=1S/C16H26BrNO/c1-6-18-11-13(16(2,3)4)9-12-7-8-15(19-5)14(17)10-12/h7-8,10,13,18H,6,9,11H2,1-5H3. The number of ether oxygens (including phenoxy) is 1. The van der Waals surface area contributed by atoms with Crippen LogP contribution in [0.1, 0.15) is 33.3 Å². The van der Waals surface area contributed by atoms with Crippen LogP contribution in [0.5, 0.6) is 5.75 Å². The van der Waals surface area contributed by atoms with Crippen LogP contribution in [0, 0.1) is 11.3 Å². The number of hydrogen-bond acceptors (Lipinski definition) is 2. The average molecular weight is 328 g/mol. The first-order valence-corrected chi connectivity index (χ1v) is 7.71. The fourth-order valence-corrected chi connectivity index (χ4v) is 2.71. The molecule has 1 atom stereocenters. The molecule has 1 aromatic rings. The van der Waals surface area contributed by atoms with E-state index in [-0.39, 0.29) is 0 Å². The number of hydrogen-bond donors (Lipinski definition) is 1. The van der Waals surface area contributed by atoms with Gasteiger partial charge in [-0.1, -0.05) is 33.8 Å².